The van der Waals surface area contributed by atoms with Crippen LogP contribution in [0.25, 0.3) is 0 Å². The fraction of sp³-hybridized carbons (Fsp3) is 0.440. The van der Waals surface area contributed by atoms with Gasteiger partial charge in [0.15, 0.2) is 0 Å². The summed E-state index contributed by atoms with van der Waals surface area (Å²) in [6.45, 7) is 16.8. The van der Waals surface area contributed by atoms with Crippen molar-refractivity contribution < 1.29 is 9.59 Å². The van der Waals surface area contributed by atoms with E-state index in [-0.39, 0.29) is 28.7 Å². The van der Waals surface area contributed by atoms with E-state index in [0.717, 1.165) is 27.8 Å². The molecule has 1 unspecified atom stereocenters. The van der Waals surface area contributed by atoms with Gasteiger partial charge in [-0.3, -0.25) is 14.5 Å². The van der Waals surface area contributed by atoms with Crippen molar-refractivity contribution in [3.63, 3.8) is 0 Å². The van der Waals surface area contributed by atoms with Gasteiger partial charge in [-0.2, -0.15) is 0 Å². The second-order valence-corrected chi connectivity index (χ2v) is 9.57. The summed E-state index contributed by atoms with van der Waals surface area (Å²) in [5, 5.41) is 0. The summed E-state index contributed by atoms with van der Waals surface area (Å²) < 4.78 is 0. The highest BCUT2D eigenvalue weighted by Crippen LogP contribution is 2.60. The second kappa shape index (κ2) is 5.56. The Bertz CT molecular complexity index is 1010. The lowest BCUT2D eigenvalue weighted by atomic mass is 9.67. The summed E-state index contributed by atoms with van der Waals surface area (Å²) in [6.07, 6.45) is 0. The van der Waals surface area contributed by atoms with Crippen LogP contribution < -0.4 is 0 Å². The number of hydrogen-bond donors (Lipinski definition) is 0. The fourth-order valence-corrected chi connectivity index (χ4v) is 5.26. The molecule has 2 aliphatic rings. The summed E-state index contributed by atoms with van der Waals surface area (Å²) in [5.41, 5.74) is 7.15. The van der Waals surface area contributed by atoms with Crippen molar-refractivity contribution in [2.45, 2.75) is 66.8 Å². The first-order valence-corrected chi connectivity index (χ1v) is 10.0. The SMILES string of the molecule is Cc1c(C)c(C)c2c(c1C)C(=O)N(C1c3ccccc3C(C)(C)C1(C)C)C2=O. The monoisotopic (exact) mass is 375 g/mol. The number of carbonyl (C=O) groups is 2. The number of imide groups is 1. The van der Waals surface area contributed by atoms with E-state index >= 15 is 0 Å². The van der Waals surface area contributed by atoms with E-state index in [9.17, 15) is 9.59 Å². The van der Waals surface area contributed by atoms with Gasteiger partial charge in [0, 0.05) is 0 Å². The van der Waals surface area contributed by atoms with Crippen molar-refractivity contribution in [3.05, 3.63) is 68.8 Å². The Hall–Kier alpha value is -2.42. The summed E-state index contributed by atoms with van der Waals surface area (Å²) in [4.78, 5) is 28.8. The van der Waals surface area contributed by atoms with Crippen molar-refractivity contribution >= 4 is 11.8 Å². The molecule has 4 rings (SSSR count). The molecule has 0 bridgehead atoms. The van der Waals surface area contributed by atoms with Crippen molar-refractivity contribution in [2.75, 3.05) is 0 Å². The molecule has 2 aromatic carbocycles. The molecule has 2 amide bonds. The molecule has 28 heavy (non-hydrogen) atoms. The van der Waals surface area contributed by atoms with Crippen LogP contribution >= 0.6 is 0 Å². The number of benzene rings is 2. The minimum Gasteiger partial charge on any atom is -0.269 e. The third kappa shape index (κ3) is 2.00. The van der Waals surface area contributed by atoms with E-state index in [1.165, 1.54) is 5.56 Å². The van der Waals surface area contributed by atoms with Crippen LogP contribution in [0.2, 0.25) is 0 Å². The summed E-state index contributed by atoms with van der Waals surface area (Å²) in [7, 11) is 0. The zero-order valence-corrected chi connectivity index (χ0v) is 18.2. The van der Waals surface area contributed by atoms with Crippen LogP contribution in [0.15, 0.2) is 24.3 Å². The molecule has 1 atom stereocenters. The lowest BCUT2D eigenvalue weighted by Gasteiger charge is -2.42. The maximum absolute atomic E-state index is 13.6. The highest BCUT2D eigenvalue weighted by Gasteiger charge is 2.58. The van der Waals surface area contributed by atoms with Gasteiger partial charge in [-0.15, -0.1) is 0 Å². The Kier molecular flexibility index (Phi) is 3.76. The highest BCUT2D eigenvalue weighted by molar-refractivity contribution is 6.23. The van der Waals surface area contributed by atoms with Crippen LogP contribution in [-0.2, 0) is 5.41 Å². The molecule has 1 heterocycles. The number of nitrogens with zero attached hydrogens (tertiary/aromatic N) is 1. The van der Waals surface area contributed by atoms with Gasteiger partial charge >= 0.3 is 0 Å². The number of carbonyl (C=O) groups excluding carboxylic acids is 2. The quantitative estimate of drug-likeness (QED) is 0.611. The Morgan fingerprint density at radius 1 is 0.750 bits per heavy atom. The maximum atomic E-state index is 13.6. The second-order valence-electron chi connectivity index (χ2n) is 9.57. The molecule has 0 N–H and O–H groups in total. The molecule has 3 heteroatoms. The standard InChI is InChI=1S/C25H29NO2/c1-13-14(2)16(4)20-19(15(13)3)22(27)26(23(20)28)21-17-11-9-10-12-18(17)24(5,6)25(21,7)8/h9-12,21H,1-8H3. The van der Waals surface area contributed by atoms with Crippen molar-refractivity contribution in [2.24, 2.45) is 5.41 Å². The fourth-order valence-electron chi connectivity index (χ4n) is 5.26. The van der Waals surface area contributed by atoms with Gasteiger partial charge < -0.3 is 0 Å². The molecule has 0 aromatic heterocycles. The minimum absolute atomic E-state index is 0.144. The smallest absolute Gasteiger partial charge is 0.262 e. The van der Waals surface area contributed by atoms with Crippen molar-refractivity contribution in [1.82, 2.24) is 4.90 Å². The van der Waals surface area contributed by atoms with Gasteiger partial charge in [0.25, 0.3) is 11.8 Å². The molecule has 0 fully saturated rings. The Morgan fingerprint density at radius 3 is 1.71 bits per heavy atom. The van der Waals surface area contributed by atoms with Gasteiger partial charge in [-0.25, -0.2) is 0 Å². The first kappa shape index (κ1) is 18.9. The zero-order valence-electron chi connectivity index (χ0n) is 18.2. The van der Waals surface area contributed by atoms with E-state index in [0.29, 0.717) is 11.1 Å². The lowest BCUT2D eigenvalue weighted by molar-refractivity contribution is 0.0357. The van der Waals surface area contributed by atoms with Gasteiger partial charge in [0.1, 0.15) is 0 Å². The van der Waals surface area contributed by atoms with Crippen LogP contribution in [0.5, 0.6) is 0 Å². The first-order valence-electron chi connectivity index (χ1n) is 10.0. The average Bonchev–Trinajstić information content (AvgIpc) is 2.97. The molecule has 0 radical (unpaired) electrons. The number of amides is 2. The first-order chi connectivity index (χ1) is 12.9. The van der Waals surface area contributed by atoms with Crippen LogP contribution in [0.3, 0.4) is 0 Å². The van der Waals surface area contributed by atoms with Crippen molar-refractivity contribution in [1.29, 1.82) is 0 Å². The van der Waals surface area contributed by atoms with Gasteiger partial charge in [0.2, 0.25) is 0 Å². The molecule has 0 saturated heterocycles. The van der Waals surface area contributed by atoms with Gasteiger partial charge in [-0.05, 0) is 71.9 Å². The van der Waals surface area contributed by atoms with Crippen LogP contribution in [-0.4, -0.2) is 16.7 Å². The summed E-state index contributed by atoms with van der Waals surface area (Å²) in [6, 6.07) is 8.00. The number of rotatable bonds is 1. The van der Waals surface area contributed by atoms with E-state index in [2.05, 4.69) is 39.8 Å². The molecule has 0 spiro atoms. The predicted octanol–water partition coefficient (Wildman–Crippen LogP) is 5.57. The lowest BCUT2D eigenvalue weighted by Crippen LogP contribution is -2.44. The number of hydrogen-bond acceptors (Lipinski definition) is 2. The molecule has 146 valence electrons. The predicted molar refractivity (Wildman–Crippen MR) is 112 cm³/mol. The molecule has 1 aliphatic heterocycles. The average molecular weight is 376 g/mol. The van der Waals surface area contributed by atoms with Crippen molar-refractivity contribution in [3.8, 4) is 0 Å². The third-order valence-corrected chi connectivity index (χ3v) is 8.03. The van der Waals surface area contributed by atoms with E-state index in [1.807, 2.05) is 39.8 Å². The molecule has 1 aliphatic carbocycles. The molecule has 3 nitrogen and oxygen atoms in total. The Balaban J connectivity index is 1.97. The van der Waals surface area contributed by atoms with Gasteiger partial charge in [0.05, 0.1) is 17.2 Å². The molecular weight excluding hydrogens is 346 g/mol. The topological polar surface area (TPSA) is 37.4 Å². The molecular formula is C25H29NO2. The number of fused-ring (bicyclic) bond motifs is 2. The normalized spacial score (nSPS) is 21.9. The van der Waals surface area contributed by atoms with Crippen LogP contribution in [0, 0.1) is 33.1 Å². The largest absolute Gasteiger partial charge is 0.269 e. The zero-order chi connectivity index (χ0) is 20.8. The van der Waals surface area contributed by atoms with E-state index in [4.69, 9.17) is 0 Å². The summed E-state index contributed by atoms with van der Waals surface area (Å²) in [5.74, 6) is -0.288. The van der Waals surface area contributed by atoms with E-state index in [1.54, 1.807) is 4.90 Å². The maximum Gasteiger partial charge on any atom is 0.262 e. The summed E-state index contributed by atoms with van der Waals surface area (Å²) >= 11 is 0. The van der Waals surface area contributed by atoms with Gasteiger partial charge in [-0.1, -0.05) is 52.0 Å². The Labute approximate surface area is 167 Å². The Morgan fingerprint density at radius 2 is 1.21 bits per heavy atom. The molecule has 2 aromatic rings. The molecule has 0 saturated carbocycles. The van der Waals surface area contributed by atoms with Crippen LogP contribution in [0.4, 0.5) is 0 Å². The third-order valence-electron chi connectivity index (χ3n) is 8.03. The minimum atomic E-state index is -0.282. The van der Waals surface area contributed by atoms with Crippen LogP contribution in [0.1, 0.15) is 87.8 Å². The highest BCUT2D eigenvalue weighted by atomic mass is 16.2. The van der Waals surface area contributed by atoms with E-state index < -0.39 is 0 Å².